The largest absolute Gasteiger partial charge is 0.363 e. The number of thiazole rings is 1. The Balaban J connectivity index is 1.38. The van der Waals surface area contributed by atoms with Crippen LogP contribution in [0.2, 0.25) is 5.02 Å². The molecule has 9 nitrogen and oxygen atoms in total. The number of aliphatic imine (C=N–C) groups is 1. The predicted molar refractivity (Wildman–Crippen MR) is 165 cm³/mol. The van der Waals surface area contributed by atoms with E-state index in [0.29, 0.717) is 23.1 Å². The molecule has 0 saturated carbocycles. The zero-order chi connectivity index (χ0) is 28.9. The van der Waals surface area contributed by atoms with Crippen molar-refractivity contribution in [1.82, 2.24) is 4.98 Å². The summed E-state index contributed by atoms with van der Waals surface area (Å²) in [5.41, 5.74) is 16.5. The number of carbonyl (C=O) groups is 2. The van der Waals surface area contributed by atoms with Gasteiger partial charge >= 0.3 is 6.03 Å². The number of anilines is 2. The molecule has 3 amide bonds. The highest BCUT2D eigenvalue weighted by atomic mass is 35.5. The lowest BCUT2D eigenvalue weighted by molar-refractivity contribution is -0.207. The Morgan fingerprint density at radius 2 is 2.02 bits per heavy atom. The average Bonchev–Trinajstić information content (AvgIpc) is 3.39. The van der Waals surface area contributed by atoms with Crippen LogP contribution in [-0.4, -0.2) is 29.4 Å². The summed E-state index contributed by atoms with van der Waals surface area (Å²) in [4.78, 5) is 36.1. The van der Waals surface area contributed by atoms with Crippen LogP contribution in [0.15, 0.2) is 76.4 Å². The number of carbonyl (C=O) groups excluding carboxylic acids is 2. The number of aromatic nitrogens is 1. The van der Waals surface area contributed by atoms with E-state index in [-0.39, 0.29) is 12.0 Å². The third-order valence-corrected chi connectivity index (χ3v) is 8.28. The number of allylic oxidation sites excluding steroid dienone is 3. The Bertz CT molecular complexity index is 1620. The number of amides is 3. The Morgan fingerprint density at radius 1 is 1.22 bits per heavy atom. The van der Waals surface area contributed by atoms with Gasteiger partial charge in [0.05, 0.1) is 22.7 Å². The molecule has 11 heteroatoms. The van der Waals surface area contributed by atoms with Crippen molar-refractivity contribution in [3.05, 3.63) is 82.4 Å². The summed E-state index contributed by atoms with van der Waals surface area (Å²) in [6.45, 7) is 2.24. The van der Waals surface area contributed by atoms with Crippen molar-refractivity contribution in [3.63, 3.8) is 0 Å². The maximum absolute atomic E-state index is 13.7. The minimum Gasteiger partial charge on any atom is -0.363 e. The quantitative estimate of drug-likeness (QED) is 0.190. The number of hydrogen-bond donors (Lipinski definition) is 3. The number of fused-ring (bicyclic) bond motifs is 1. The number of halogens is 1. The van der Waals surface area contributed by atoms with Crippen LogP contribution < -0.4 is 21.5 Å². The van der Waals surface area contributed by atoms with Crippen molar-refractivity contribution in [2.75, 3.05) is 16.8 Å². The molecule has 5 N–H and O–H groups in total. The number of nitrogens with zero attached hydrogens (tertiary/aromatic N) is 4. The number of rotatable bonds is 6. The molecule has 2 aromatic carbocycles. The predicted octanol–water partition coefficient (Wildman–Crippen LogP) is 5.81. The molecule has 5 rings (SSSR count). The van der Waals surface area contributed by atoms with Crippen LogP contribution in [0.4, 0.5) is 15.6 Å². The van der Waals surface area contributed by atoms with Crippen molar-refractivity contribution < 1.29 is 15.1 Å². The minimum atomic E-state index is -0.470. The Labute approximate surface area is 247 Å². The van der Waals surface area contributed by atoms with Gasteiger partial charge in [-0.25, -0.2) is 9.78 Å². The fraction of sp³-hybridized carbons (Fsp3) is 0.267. The lowest BCUT2D eigenvalue weighted by Gasteiger charge is -2.25. The Kier molecular flexibility index (Phi) is 8.70. The molecule has 210 valence electrons. The van der Waals surface area contributed by atoms with E-state index in [1.807, 2.05) is 43.3 Å². The molecule has 0 bridgehead atoms. The van der Waals surface area contributed by atoms with Gasteiger partial charge in [-0.3, -0.25) is 15.0 Å². The summed E-state index contributed by atoms with van der Waals surface area (Å²) in [5, 5.41) is 7.32. The normalized spacial score (nSPS) is 17.1. The van der Waals surface area contributed by atoms with Crippen LogP contribution in [-0.2, 0) is 4.79 Å². The van der Waals surface area contributed by atoms with Crippen LogP contribution in [0, 0.1) is 12.8 Å². The first-order chi connectivity index (χ1) is 19.8. The summed E-state index contributed by atoms with van der Waals surface area (Å²) in [6, 6.07) is 11.5. The molecule has 0 fully saturated rings. The van der Waals surface area contributed by atoms with Crippen LogP contribution >= 0.6 is 22.9 Å². The molecule has 0 aliphatic heterocycles. The zero-order valence-corrected chi connectivity index (χ0v) is 24.2. The maximum atomic E-state index is 13.7. The Hall–Kier alpha value is -4.15. The van der Waals surface area contributed by atoms with Crippen molar-refractivity contribution in [1.29, 1.82) is 0 Å². The third-order valence-electron chi connectivity index (χ3n) is 7.14. The second kappa shape index (κ2) is 12.6. The van der Waals surface area contributed by atoms with Gasteiger partial charge in [-0.05, 0) is 85.6 Å². The number of nitrogens with one attached hydrogen (secondary N) is 1. The van der Waals surface area contributed by atoms with E-state index >= 15 is 0 Å². The highest BCUT2D eigenvalue weighted by molar-refractivity contribution is 7.22. The smallest absolute Gasteiger partial charge is 0.328 e. The zero-order valence-electron chi connectivity index (χ0n) is 22.6. The number of aryl methyl sites for hydroxylation is 1. The molecule has 0 saturated heterocycles. The molecule has 0 radical (unpaired) electrons. The first-order valence-corrected chi connectivity index (χ1v) is 14.6. The van der Waals surface area contributed by atoms with E-state index in [1.54, 1.807) is 11.0 Å². The number of nitrogens with two attached hydrogens (primary N) is 2. The van der Waals surface area contributed by atoms with Gasteiger partial charge in [0.25, 0.3) is 11.9 Å². The van der Waals surface area contributed by atoms with Crippen LogP contribution in [0.25, 0.3) is 15.8 Å². The molecular weight excluding hydrogens is 558 g/mol. The molecule has 0 spiro atoms. The van der Waals surface area contributed by atoms with Gasteiger partial charge in [-0.15, -0.1) is 5.53 Å². The number of guanidine groups is 1. The lowest BCUT2D eigenvalue weighted by atomic mass is 9.93. The molecule has 2 aliphatic rings. The summed E-state index contributed by atoms with van der Waals surface area (Å²) >= 11 is 7.61. The van der Waals surface area contributed by atoms with Gasteiger partial charge in [-0.1, -0.05) is 59.4 Å². The monoisotopic (exact) mass is 588 g/mol. The molecule has 1 aromatic heterocycles. The van der Waals surface area contributed by atoms with Crippen LogP contribution in [0.5, 0.6) is 0 Å². The molecule has 1 atom stereocenters. The van der Waals surface area contributed by atoms with Crippen LogP contribution in [0.1, 0.15) is 43.2 Å². The van der Waals surface area contributed by atoms with Crippen molar-refractivity contribution >= 4 is 67.4 Å². The second-order valence-corrected chi connectivity index (χ2v) is 11.5. The first-order valence-electron chi connectivity index (χ1n) is 13.4. The van der Waals surface area contributed by atoms with E-state index in [2.05, 4.69) is 38.6 Å². The summed E-state index contributed by atoms with van der Waals surface area (Å²) in [6.07, 6.45) is 12.8. The SMILES string of the molecule is Cc1cc(Cl)cc2sc(NC(=O)N(CC3=CCC(C(=O)N=C(N)N=[NH2+])C=C3)c3ccc(C4=CCCCC4)cc3)nc12. The highest BCUT2D eigenvalue weighted by Crippen LogP contribution is 2.32. The van der Waals surface area contributed by atoms with E-state index in [0.717, 1.165) is 39.9 Å². The van der Waals surface area contributed by atoms with Gasteiger partial charge < -0.3 is 5.73 Å². The molecular formula is C30H31ClN7O2S+. The third kappa shape index (κ3) is 6.78. The van der Waals surface area contributed by atoms with Gasteiger partial charge in [-0.2, -0.15) is 4.99 Å². The van der Waals surface area contributed by atoms with Gasteiger partial charge in [0.15, 0.2) is 5.13 Å². The van der Waals surface area contributed by atoms with Gasteiger partial charge in [0.1, 0.15) is 0 Å². The number of urea groups is 1. The Morgan fingerprint density at radius 3 is 2.71 bits per heavy atom. The molecule has 1 heterocycles. The maximum Gasteiger partial charge on any atom is 0.328 e. The van der Waals surface area contributed by atoms with E-state index in [9.17, 15) is 9.59 Å². The molecule has 3 aromatic rings. The van der Waals surface area contributed by atoms with Gasteiger partial charge in [0, 0.05) is 15.8 Å². The van der Waals surface area contributed by atoms with E-state index in [1.165, 1.54) is 35.3 Å². The highest BCUT2D eigenvalue weighted by Gasteiger charge is 2.23. The summed E-state index contributed by atoms with van der Waals surface area (Å²) in [7, 11) is 0. The van der Waals surface area contributed by atoms with E-state index < -0.39 is 11.8 Å². The first kappa shape index (κ1) is 28.4. The van der Waals surface area contributed by atoms with E-state index in [4.69, 9.17) is 22.9 Å². The standard InChI is InChI=1S/C30H30ClN7O2S/c1-18-15-23(31)16-25-26(18)34-29(41-25)36-30(40)38(24-13-11-21(12-14-24)20-5-3-2-4-6-20)17-19-7-9-22(10-8-19)27(39)35-28(32)37-33/h5,7-9,11-16,22,33H,2-4,6,10,17H2,1H3,(H2,32,35,39)(H,34,36,40)/p+1. The number of benzene rings is 2. The molecule has 41 heavy (non-hydrogen) atoms. The topological polar surface area (TPSA) is 139 Å². The lowest BCUT2D eigenvalue weighted by Crippen LogP contribution is -2.36. The van der Waals surface area contributed by atoms with Gasteiger partial charge in [0.2, 0.25) is 0 Å². The minimum absolute atomic E-state index is 0.263. The van der Waals surface area contributed by atoms with Crippen molar-refractivity contribution in [2.24, 2.45) is 21.8 Å². The summed E-state index contributed by atoms with van der Waals surface area (Å²) in [5.74, 6) is -1.15. The fourth-order valence-corrected chi connectivity index (χ4v) is 6.29. The number of hydrogen-bond acceptors (Lipinski definition) is 4. The van der Waals surface area contributed by atoms with Crippen molar-refractivity contribution in [2.45, 2.75) is 39.0 Å². The second-order valence-electron chi connectivity index (χ2n) is 10.0. The van der Waals surface area contributed by atoms with Crippen LogP contribution in [0.3, 0.4) is 0 Å². The summed E-state index contributed by atoms with van der Waals surface area (Å²) < 4.78 is 0.904. The van der Waals surface area contributed by atoms with Crippen molar-refractivity contribution in [3.8, 4) is 0 Å². The average molecular weight is 589 g/mol. The molecule has 1 unspecified atom stereocenters. The fourth-order valence-electron chi connectivity index (χ4n) is 4.98. The molecule has 2 aliphatic carbocycles.